The maximum absolute atomic E-state index is 4.58. The average Bonchev–Trinajstić information content (AvgIpc) is 1.80. The minimum atomic E-state index is 0. The summed E-state index contributed by atoms with van der Waals surface area (Å²) in [7, 11) is 0. The van der Waals surface area contributed by atoms with Crippen molar-refractivity contribution < 1.29 is 13.4 Å². The molecular formula is C98H103N27O3S6. The number of thiazole rings is 1. The van der Waals surface area contributed by atoms with Gasteiger partial charge in [0, 0.05) is 185 Å². The van der Waals surface area contributed by atoms with Crippen LogP contribution in [0.5, 0.6) is 0 Å². The zero-order valence-electron chi connectivity index (χ0n) is 70.1. The molecule has 0 fully saturated rings. The minimum Gasteiger partial charge on any atom is -0.473 e. The molecule has 36 heteroatoms. The number of hydrogen-bond donors (Lipinski definition) is 6. The monoisotopic (exact) mass is 1900 g/mol. The predicted molar refractivity (Wildman–Crippen MR) is 547 cm³/mol. The molecule has 0 bridgehead atoms. The molecule has 0 atom stereocenters. The van der Waals surface area contributed by atoms with E-state index in [9.17, 15) is 0 Å². The summed E-state index contributed by atoms with van der Waals surface area (Å²) in [5.74, 6) is 0. The van der Waals surface area contributed by atoms with E-state index in [1.54, 1.807) is 261 Å². The van der Waals surface area contributed by atoms with Gasteiger partial charge in [0.25, 0.3) is 0 Å². The Morgan fingerprint density at radius 1 is 0.254 bits per heavy atom. The smallest absolute Gasteiger partial charge is 0.180 e. The number of oxazole rings is 1. The Morgan fingerprint density at radius 3 is 1.12 bits per heavy atom. The highest BCUT2D eigenvalue weighted by molar-refractivity contribution is 7.25. The molecule has 0 radical (unpaired) electrons. The maximum atomic E-state index is 4.58. The van der Waals surface area contributed by atoms with E-state index in [0.29, 0.717) is 0 Å². The number of aromatic nitrogens is 27. The number of furan rings is 1. The summed E-state index contributed by atoms with van der Waals surface area (Å²) in [4.78, 5) is 81.8. The van der Waals surface area contributed by atoms with Crippen molar-refractivity contribution >= 4 is 121 Å². The minimum absolute atomic E-state index is 0. The lowest BCUT2D eigenvalue weighted by Gasteiger charge is -1.90. The molecule has 0 aliphatic carbocycles. The van der Waals surface area contributed by atoms with Crippen molar-refractivity contribution in [3.8, 4) is 0 Å². The van der Waals surface area contributed by atoms with Crippen molar-refractivity contribution in [2.24, 2.45) is 0 Å². The molecule has 684 valence electrons. The molecule has 6 N–H and O–H groups in total. The number of hydrogen-bond acceptors (Lipinski definition) is 30. The zero-order chi connectivity index (χ0) is 91.3. The van der Waals surface area contributed by atoms with Gasteiger partial charge in [-0.1, -0.05) is 112 Å². The van der Waals surface area contributed by atoms with Gasteiger partial charge in [-0.2, -0.15) is 16.4 Å². The molecule has 0 aliphatic rings. The van der Waals surface area contributed by atoms with E-state index in [1.165, 1.54) is 92.5 Å². The van der Waals surface area contributed by atoms with Crippen LogP contribution < -0.4 is 0 Å². The highest BCUT2D eigenvalue weighted by Gasteiger charge is 1.93. The first-order valence-corrected chi connectivity index (χ1v) is 44.1. The fourth-order valence-corrected chi connectivity index (χ4v) is 11.8. The Balaban J connectivity index is 0.000000363. The maximum Gasteiger partial charge on any atom is 0.180 e. The highest BCUT2D eigenvalue weighted by atomic mass is 32.1. The molecule has 0 unspecified atom stereocenters. The van der Waals surface area contributed by atoms with E-state index in [0.717, 1.165) is 22.1 Å². The van der Waals surface area contributed by atoms with Crippen LogP contribution in [0.25, 0.3) is 52.5 Å². The fourth-order valence-electron chi connectivity index (χ4n) is 8.06. The number of imidazole rings is 3. The third kappa shape index (κ3) is 63.0. The lowest BCUT2D eigenvalue weighted by Crippen LogP contribution is -1.78. The first-order chi connectivity index (χ1) is 65.3. The van der Waals surface area contributed by atoms with Crippen LogP contribution in [0.4, 0.5) is 0 Å². The van der Waals surface area contributed by atoms with Crippen LogP contribution in [0, 0.1) is 0 Å². The predicted octanol–water partition coefficient (Wildman–Crippen LogP) is 25.5. The van der Waals surface area contributed by atoms with Gasteiger partial charge in [-0.25, -0.2) is 59.2 Å². The number of pyridine rings is 2. The summed E-state index contributed by atoms with van der Waals surface area (Å²) < 4.78 is 21.3. The van der Waals surface area contributed by atoms with Gasteiger partial charge >= 0.3 is 0 Å². The molecule has 26 rings (SSSR count). The number of rotatable bonds is 0. The Kier molecular flexibility index (Phi) is 70.8. The largest absolute Gasteiger partial charge is 0.473 e. The van der Waals surface area contributed by atoms with Crippen LogP contribution in [-0.2, 0) is 0 Å². The molecule has 0 amide bonds. The second kappa shape index (κ2) is 85.4. The fraction of sp³-hybridized carbons (Fsp3) is 0.0306. The first-order valence-electron chi connectivity index (χ1n) is 38.7. The molecular weight excluding hydrogens is 1800 g/mol. The molecule has 134 heavy (non-hydrogen) atoms. The van der Waals surface area contributed by atoms with Crippen LogP contribution >= 0.6 is 68.2 Å². The third-order valence-corrected chi connectivity index (χ3v) is 18.0. The number of aromatic amines is 6. The summed E-state index contributed by atoms with van der Waals surface area (Å²) in [6.45, 7) is 0. The quantitative estimate of drug-likeness (QED) is 0.0821. The van der Waals surface area contributed by atoms with Crippen LogP contribution in [0.15, 0.2) is 530 Å². The van der Waals surface area contributed by atoms with Gasteiger partial charge in [-0.15, -0.1) is 45.3 Å². The molecule has 0 saturated carbocycles. The Bertz CT molecular complexity index is 4960. The van der Waals surface area contributed by atoms with Crippen LogP contribution in [0.2, 0.25) is 0 Å². The standard InChI is InChI=1S/C8H6N2.C8H7N.C8H6S.C7H6N2.C6H4S2.2C5H5N.3C4H4N2.C4H5N.C4H4O.C4H4S.C3H3N3.3C3H4N2.2C3H3NO.2C3H3NS.3CH4/c1-2-4-8-7(3-1)9-5-6-10-8;2*1-2-4-8-7(3-1)5-6-9-8;1-2-4-7-6(3-1)8-5-9-7;1-3-7-6-2-4-8-5(1)6;2*1-2-4-6-5-3-1;1-2-6-4-3-5-1;2*1-2-5-4-6-3-1;3*1-2-4-5-3-1;1-4-2-6-3-5-1;2*1-2-5-3-4-1;1-2-4-5-3-1;1-2-5-3-4-1;1-2-4-5-3-1;1-2-5-3-4-1;1-2-4-5-3-1;;;/h1-6H;1-6,9H;1-6H;1-5H,(H,8,9);1-4H;2*1-5H;3*1-4H;1-5H;2*1-4H;1-3H;3*1-3H,(H,4,5);4*1-3H;3*1H4. The first kappa shape index (κ1) is 111. The number of nitrogens with zero attached hydrogens (tertiary/aromatic N) is 21. The van der Waals surface area contributed by atoms with Gasteiger partial charge in [0.1, 0.15) is 44.2 Å². The second-order valence-electron chi connectivity index (χ2n) is 22.6. The third-order valence-electron chi connectivity index (χ3n) is 13.5. The summed E-state index contributed by atoms with van der Waals surface area (Å²) in [5, 5.41) is 26.5. The highest BCUT2D eigenvalue weighted by Crippen LogP contribution is 2.25. The van der Waals surface area contributed by atoms with Crippen molar-refractivity contribution in [3.05, 3.63) is 517 Å². The summed E-state index contributed by atoms with van der Waals surface area (Å²) in [6, 6.07) is 72.9. The van der Waals surface area contributed by atoms with Crippen molar-refractivity contribution in [1.29, 1.82) is 0 Å². The van der Waals surface area contributed by atoms with Crippen LogP contribution in [-0.4, -0.2) is 134 Å². The number of H-pyrrole nitrogens is 6. The summed E-state index contributed by atoms with van der Waals surface area (Å²) in [6.07, 6.45) is 66.4. The van der Waals surface area contributed by atoms with Gasteiger partial charge in [0.15, 0.2) is 6.39 Å². The van der Waals surface area contributed by atoms with Crippen molar-refractivity contribution in [2.45, 2.75) is 22.3 Å². The molecule has 0 spiro atoms. The molecule has 0 saturated heterocycles. The Hall–Kier alpha value is -17.0. The van der Waals surface area contributed by atoms with Crippen LogP contribution in [0.3, 0.4) is 0 Å². The van der Waals surface area contributed by atoms with E-state index in [2.05, 4.69) is 225 Å². The van der Waals surface area contributed by atoms with E-state index < -0.39 is 0 Å². The molecule has 26 aromatic rings. The van der Waals surface area contributed by atoms with E-state index in [-0.39, 0.29) is 22.3 Å². The number of para-hydroxylation sites is 5. The number of benzene rings is 4. The Labute approximate surface area is 801 Å². The number of thiophene rings is 4. The van der Waals surface area contributed by atoms with Gasteiger partial charge in [-0.3, -0.25) is 40.0 Å². The molecule has 22 heterocycles. The summed E-state index contributed by atoms with van der Waals surface area (Å²) >= 11 is 10.2. The van der Waals surface area contributed by atoms with E-state index >= 15 is 0 Å². The number of fused-ring (bicyclic) bond motifs is 5. The molecule has 30 nitrogen and oxygen atoms in total. The van der Waals surface area contributed by atoms with Gasteiger partial charge in [0.05, 0.1) is 71.5 Å². The van der Waals surface area contributed by atoms with Gasteiger partial charge < -0.3 is 38.3 Å². The number of nitrogens with one attached hydrogen (secondary N) is 6. The Morgan fingerprint density at radius 2 is 0.799 bits per heavy atom. The lowest BCUT2D eigenvalue weighted by atomic mass is 10.3. The summed E-state index contributed by atoms with van der Waals surface area (Å²) in [5.41, 5.74) is 7.02. The normalized spacial score (nSPS) is 8.57. The molecule has 4 aromatic carbocycles. The lowest BCUT2D eigenvalue weighted by molar-refractivity contribution is 0.420. The second-order valence-corrected chi connectivity index (χ2v) is 27.7. The molecule has 0 aliphatic heterocycles. The van der Waals surface area contributed by atoms with Crippen LogP contribution in [0.1, 0.15) is 22.3 Å². The van der Waals surface area contributed by atoms with Gasteiger partial charge in [-0.05, 0) is 189 Å². The zero-order valence-corrected chi connectivity index (χ0v) is 75.0. The van der Waals surface area contributed by atoms with Crippen molar-refractivity contribution in [1.82, 2.24) is 134 Å². The van der Waals surface area contributed by atoms with Crippen molar-refractivity contribution in [2.75, 3.05) is 0 Å². The van der Waals surface area contributed by atoms with E-state index in [1.807, 2.05) is 186 Å². The van der Waals surface area contributed by atoms with E-state index in [4.69, 9.17) is 0 Å². The topological polar surface area (TPSA) is 405 Å². The molecule has 22 aromatic heterocycles. The SMILES string of the molecule is C.C.C.c1c[nH]cn1.c1c[nH]cn1.c1cc2sccc2s1.c1cc[nH]c1.c1ccc2[nH]ccc2c1.c1ccc2[nH]cnc2c1.c1ccc2nccnc2c1.c1ccc2sccc2c1.c1ccncc1.c1ccncc1.c1ccoc1.c1ccsc1.c1cn[nH]c1.c1cnccn1.c1cncnc1.c1cncnc1.c1cnoc1.c1cnsc1.c1cocn1.c1cscn1.c1ncncn1. The van der Waals surface area contributed by atoms with Crippen molar-refractivity contribution in [3.63, 3.8) is 0 Å². The van der Waals surface area contributed by atoms with Gasteiger partial charge in [0.2, 0.25) is 0 Å². The average molecular weight is 1900 g/mol.